The lowest BCUT2D eigenvalue weighted by Crippen LogP contribution is -2.14. The molecule has 1 aromatic carbocycles. The van der Waals surface area contributed by atoms with Crippen LogP contribution >= 0.6 is 0 Å². The maximum atomic E-state index is 12.5. The van der Waals surface area contributed by atoms with Crippen LogP contribution in [0.1, 0.15) is 54.4 Å². The summed E-state index contributed by atoms with van der Waals surface area (Å²) < 4.78 is 22.2. The van der Waals surface area contributed by atoms with Crippen molar-refractivity contribution in [2.45, 2.75) is 60.5 Å². The summed E-state index contributed by atoms with van der Waals surface area (Å²) in [6, 6.07) is 5.22. The van der Waals surface area contributed by atoms with Crippen molar-refractivity contribution < 1.29 is 23.4 Å². The van der Waals surface area contributed by atoms with E-state index in [-0.39, 0.29) is 29.8 Å². The Hall–Kier alpha value is -3.02. The number of para-hydroxylation sites is 1. The zero-order valence-corrected chi connectivity index (χ0v) is 18.5. The quantitative estimate of drug-likeness (QED) is 0.303. The van der Waals surface area contributed by atoms with Crippen LogP contribution in [0.2, 0.25) is 0 Å². The number of allylic oxidation sites excluding steroid dienone is 3. The van der Waals surface area contributed by atoms with E-state index in [0.717, 1.165) is 18.4 Å². The highest BCUT2D eigenvalue weighted by atomic mass is 16.6. The number of esters is 1. The van der Waals surface area contributed by atoms with Gasteiger partial charge >= 0.3 is 11.6 Å². The number of hydrogen-bond acceptors (Lipinski definition) is 6. The summed E-state index contributed by atoms with van der Waals surface area (Å²) in [5.74, 6) is -0.298. The molecule has 0 atom stereocenters. The second kappa shape index (κ2) is 10.7. The Balaban J connectivity index is 2.40. The lowest BCUT2D eigenvalue weighted by Gasteiger charge is -2.15. The molecule has 0 amide bonds. The van der Waals surface area contributed by atoms with Gasteiger partial charge < -0.3 is 18.6 Å². The fourth-order valence-corrected chi connectivity index (χ4v) is 2.83. The Kier molecular flexibility index (Phi) is 8.27. The second-order valence-electron chi connectivity index (χ2n) is 7.62. The summed E-state index contributed by atoms with van der Waals surface area (Å²) in [5.41, 5.74) is 1.91. The minimum absolute atomic E-state index is 0.107. The standard InChI is InChI=1S/C24H30O6/c1-15(2)9-7-10-17(5)13-14-27-22-19-11-8-12-20(28-16(3)4)21(19)30-24(26)23(22)29-18(6)25/h8-9,11-13,16H,7,10,14H2,1-6H3/b17-13+. The van der Waals surface area contributed by atoms with Crippen LogP contribution in [0, 0.1) is 0 Å². The van der Waals surface area contributed by atoms with E-state index in [2.05, 4.69) is 19.9 Å². The lowest BCUT2D eigenvalue weighted by molar-refractivity contribution is -0.132. The van der Waals surface area contributed by atoms with Crippen LogP contribution in [0.3, 0.4) is 0 Å². The maximum Gasteiger partial charge on any atom is 0.383 e. The van der Waals surface area contributed by atoms with Gasteiger partial charge in [-0.25, -0.2) is 4.79 Å². The van der Waals surface area contributed by atoms with Crippen LogP contribution in [0.15, 0.2) is 50.7 Å². The van der Waals surface area contributed by atoms with Crippen molar-refractivity contribution in [1.82, 2.24) is 0 Å². The summed E-state index contributed by atoms with van der Waals surface area (Å²) in [6.07, 6.45) is 5.89. The average Bonchev–Trinajstić information content (AvgIpc) is 2.63. The van der Waals surface area contributed by atoms with Crippen molar-refractivity contribution in [3.8, 4) is 17.2 Å². The SMILES string of the molecule is CC(=O)Oc1c(OC/C=C(\C)CCC=C(C)C)c2cccc(OC(C)C)c2oc1=O. The number of benzene rings is 1. The minimum Gasteiger partial charge on any atom is -0.487 e. The van der Waals surface area contributed by atoms with E-state index in [4.69, 9.17) is 18.6 Å². The highest BCUT2D eigenvalue weighted by molar-refractivity contribution is 5.90. The van der Waals surface area contributed by atoms with Crippen LogP contribution in [0.25, 0.3) is 11.0 Å². The molecule has 0 aliphatic heterocycles. The molecule has 0 aliphatic carbocycles. The molecule has 6 heteroatoms. The molecular weight excluding hydrogens is 384 g/mol. The predicted molar refractivity (Wildman–Crippen MR) is 117 cm³/mol. The molecule has 0 unspecified atom stereocenters. The van der Waals surface area contributed by atoms with Crippen LogP contribution in [0.5, 0.6) is 17.2 Å². The van der Waals surface area contributed by atoms with Gasteiger partial charge in [0.15, 0.2) is 17.1 Å². The van der Waals surface area contributed by atoms with Crippen LogP contribution in [-0.4, -0.2) is 18.7 Å². The van der Waals surface area contributed by atoms with Gasteiger partial charge in [-0.2, -0.15) is 0 Å². The third-order valence-electron chi connectivity index (χ3n) is 4.17. The first kappa shape index (κ1) is 23.3. The predicted octanol–water partition coefficient (Wildman–Crippen LogP) is 5.58. The highest BCUT2D eigenvalue weighted by Crippen LogP contribution is 2.37. The van der Waals surface area contributed by atoms with E-state index in [1.54, 1.807) is 18.2 Å². The largest absolute Gasteiger partial charge is 0.487 e. The van der Waals surface area contributed by atoms with Crippen LogP contribution in [-0.2, 0) is 4.79 Å². The molecular formula is C24H30O6. The third-order valence-corrected chi connectivity index (χ3v) is 4.17. The first-order valence-corrected chi connectivity index (χ1v) is 10.1. The topological polar surface area (TPSA) is 75.0 Å². The van der Waals surface area contributed by atoms with Crippen molar-refractivity contribution in [3.05, 3.63) is 51.9 Å². The van der Waals surface area contributed by atoms with Crippen LogP contribution in [0.4, 0.5) is 0 Å². The van der Waals surface area contributed by atoms with Gasteiger partial charge in [0.2, 0.25) is 0 Å². The van der Waals surface area contributed by atoms with E-state index in [1.807, 2.05) is 26.8 Å². The fraction of sp³-hybridized carbons (Fsp3) is 0.417. The number of carbonyl (C=O) groups excluding carboxylic acids is 1. The van der Waals surface area contributed by atoms with Gasteiger partial charge in [-0.1, -0.05) is 23.3 Å². The van der Waals surface area contributed by atoms with Crippen LogP contribution < -0.4 is 19.8 Å². The maximum absolute atomic E-state index is 12.5. The number of rotatable bonds is 9. The highest BCUT2D eigenvalue weighted by Gasteiger charge is 2.21. The number of ether oxygens (including phenoxy) is 3. The van der Waals surface area contributed by atoms with Crippen molar-refractivity contribution in [3.63, 3.8) is 0 Å². The Labute approximate surface area is 177 Å². The molecule has 162 valence electrons. The van der Waals surface area contributed by atoms with Gasteiger partial charge in [0.1, 0.15) is 6.61 Å². The molecule has 30 heavy (non-hydrogen) atoms. The number of fused-ring (bicyclic) bond motifs is 1. The molecule has 0 saturated heterocycles. The third kappa shape index (κ3) is 6.51. The van der Waals surface area contributed by atoms with E-state index in [9.17, 15) is 9.59 Å². The van der Waals surface area contributed by atoms with Gasteiger partial charge in [-0.3, -0.25) is 4.79 Å². The first-order valence-electron chi connectivity index (χ1n) is 10.1. The van der Waals surface area contributed by atoms with Crippen molar-refractivity contribution in [2.75, 3.05) is 6.61 Å². The summed E-state index contributed by atoms with van der Waals surface area (Å²) >= 11 is 0. The molecule has 2 aromatic rings. The molecule has 0 spiro atoms. The van der Waals surface area contributed by atoms with E-state index >= 15 is 0 Å². The molecule has 6 nitrogen and oxygen atoms in total. The number of carbonyl (C=O) groups is 1. The minimum atomic E-state index is -0.795. The van der Waals surface area contributed by atoms with Crippen molar-refractivity contribution in [1.29, 1.82) is 0 Å². The van der Waals surface area contributed by atoms with Crippen molar-refractivity contribution >= 4 is 16.9 Å². The Morgan fingerprint density at radius 1 is 1.10 bits per heavy atom. The van der Waals surface area contributed by atoms with Gasteiger partial charge in [0.25, 0.3) is 5.75 Å². The lowest BCUT2D eigenvalue weighted by atomic mass is 10.1. The Bertz CT molecular complexity index is 1010. The van der Waals surface area contributed by atoms with Gasteiger partial charge in [-0.05, 0) is 65.7 Å². The molecule has 0 bridgehead atoms. The second-order valence-corrected chi connectivity index (χ2v) is 7.62. The molecule has 0 fully saturated rings. The Morgan fingerprint density at radius 3 is 2.47 bits per heavy atom. The molecule has 2 rings (SSSR count). The summed E-state index contributed by atoms with van der Waals surface area (Å²) in [7, 11) is 0. The van der Waals surface area contributed by atoms with E-state index < -0.39 is 11.6 Å². The molecule has 1 aromatic heterocycles. The smallest absolute Gasteiger partial charge is 0.383 e. The summed E-state index contributed by atoms with van der Waals surface area (Å²) in [5, 5.41) is 0.500. The molecule has 0 N–H and O–H groups in total. The van der Waals surface area contributed by atoms with Gasteiger partial charge in [-0.15, -0.1) is 0 Å². The van der Waals surface area contributed by atoms with Crippen molar-refractivity contribution in [2.24, 2.45) is 0 Å². The van der Waals surface area contributed by atoms with E-state index in [0.29, 0.717) is 11.1 Å². The summed E-state index contributed by atoms with van der Waals surface area (Å²) in [6.45, 7) is 11.4. The van der Waals surface area contributed by atoms with Gasteiger partial charge in [0, 0.05) is 6.92 Å². The summed E-state index contributed by atoms with van der Waals surface area (Å²) in [4.78, 5) is 24.0. The number of hydrogen-bond donors (Lipinski definition) is 0. The first-order chi connectivity index (χ1) is 14.2. The fourth-order valence-electron chi connectivity index (χ4n) is 2.83. The zero-order chi connectivity index (χ0) is 22.3. The Morgan fingerprint density at radius 2 is 1.83 bits per heavy atom. The molecule has 1 heterocycles. The molecule has 0 aliphatic rings. The van der Waals surface area contributed by atoms with E-state index in [1.165, 1.54) is 12.5 Å². The molecule has 0 saturated carbocycles. The normalized spacial score (nSPS) is 11.5. The van der Waals surface area contributed by atoms with Gasteiger partial charge in [0.05, 0.1) is 11.5 Å². The molecule has 0 radical (unpaired) electrons. The monoisotopic (exact) mass is 414 g/mol. The average molecular weight is 414 g/mol. The zero-order valence-electron chi connectivity index (χ0n) is 18.5.